The first kappa shape index (κ1) is 15.7. The summed E-state index contributed by atoms with van der Waals surface area (Å²) in [5.41, 5.74) is 0.403. The highest BCUT2D eigenvalue weighted by Crippen LogP contribution is 2.25. The minimum atomic E-state index is -0.0161. The molecule has 5 nitrogen and oxygen atoms in total. The Kier molecular flexibility index (Phi) is 5.96. The van der Waals surface area contributed by atoms with E-state index in [1.165, 1.54) is 39.2 Å². The average Bonchev–Trinajstić information content (AvgIpc) is 2.55. The fourth-order valence-electron chi connectivity index (χ4n) is 2.93. The molecule has 0 saturated heterocycles. The van der Waals surface area contributed by atoms with E-state index in [-0.39, 0.29) is 5.91 Å². The highest BCUT2D eigenvalue weighted by atomic mass is 16.5. The molecule has 0 radical (unpaired) electrons. The Balaban J connectivity index is 2.02. The van der Waals surface area contributed by atoms with Crippen molar-refractivity contribution in [2.24, 2.45) is 5.92 Å². The first-order valence-corrected chi connectivity index (χ1v) is 7.91. The Labute approximate surface area is 126 Å². The van der Waals surface area contributed by atoms with Gasteiger partial charge in [0.05, 0.1) is 7.11 Å². The van der Waals surface area contributed by atoms with Gasteiger partial charge in [0, 0.05) is 19.2 Å². The molecule has 0 spiro atoms. The van der Waals surface area contributed by atoms with Gasteiger partial charge in [-0.2, -0.15) is 0 Å². The molecule has 1 aliphatic carbocycles. The monoisotopic (exact) mass is 291 g/mol. The summed E-state index contributed by atoms with van der Waals surface area (Å²) in [7, 11) is 1.54. The first-order chi connectivity index (χ1) is 10.2. The van der Waals surface area contributed by atoms with Gasteiger partial charge in [-0.1, -0.05) is 26.2 Å². The molecule has 2 rings (SSSR count). The van der Waals surface area contributed by atoms with E-state index in [4.69, 9.17) is 4.74 Å². The molecule has 0 bridgehead atoms. The SMILES string of the molecule is CCCN(CC1CCCCC1)C(=O)c1ccc(OC)nn1. The first-order valence-electron chi connectivity index (χ1n) is 7.91. The van der Waals surface area contributed by atoms with E-state index in [0.29, 0.717) is 17.5 Å². The molecule has 1 aliphatic rings. The molecule has 1 fully saturated rings. The summed E-state index contributed by atoms with van der Waals surface area (Å²) in [5.74, 6) is 1.05. The number of methoxy groups -OCH3 is 1. The molecule has 1 heterocycles. The number of hydrogen-bond acceptors (Lipinski definition) is 4. The summed E-state index contributed by atoms with van der Waals surface area (Å²) >= 11 is 0. The van der Waals surface area contributed by atoms with E-state index in [9.17, 15) is 4.79 Å². The molecule has 116 valence electrons. The van der Waals surface area contributed by atoms with E-state index in [0.717, 1.165) is 19.5 Å². The van der Waals surface area contributed by atoms with Crippen molar-refractivity contribution in [3.63, 3.8) is 0 Å². The molecule has 1 aromatic heterocycles. The van der Waals surface area contributed by atoms with Crippen molar-refractivity contribution >= 4 is 5.91 Å². The maximum atomic E-state index is 12.6. The van der Waals surface area contributed by atoms with Gasteiger partial charge < -0.3 is 9.64 Å². The summed E-state index contributed by atoms with van der Waals surface area (Å²) in [4.78, 5) is 14.5. The highest BCUT2D eigenvalue weighted by Gasteiger charge is 2.22. The highest BCUT2D eigenvalue weighted by molar-refractivity contribution is 5.92. The predicted octanol–water partition coefficient (Wildman–Crippen LogP) is 2.92. The number of ether oxygens (including phenoxy) is 1. The summed E-state index contributed by atoms with van der Waals surface area (Å²) in [6.45, 7) is 3.73. The molecule has 1 amide bonds. The van der Waals surface area contributed by atoms with Gasteiger partial charge in [0.2, 0.25) is 5.88 Å². The second-order valence-electron chi connectivity index (χ2n) is 5.72. The Bertz CT molecular complexity index is 441. The summed E-state index contributed by atoms with van der Waals surface area (Å²) < 4.78 is 4.98. The molecular weight excluding hydrogens is 266 g/mol. The average molecular weight is 291 g/mol. The number of carbonyl (C=O) groups is 1. The molecule has 0 N–H and O–H groups in total. The molecule has 0 atom stereocenters. The van der Waals surface area contributed by atoms with E-state index < -0.39 is 0 Å². The quantitative estimate of drug-likeness (QED) is 0.808. The standard InChI is InChI=1S/C16H25N3O2/c1-3-11-19(12-13-7-5-4-6-8-13)16(20)14-9-10-15(21-2)18-17-14/h9-10,13H,3-8,11-12H2,1-2H3. The Hall–Kier alpha value is -1.65. The lowest BCUT2D eigenvalue weighted by Crippen LogP contribution is -2.37. The van der Waals surface area contributed by atoms with Crippen LogP contribution >= 0.6 is 0 Å². The van der Waals surface area contributed by atoms with Crippen LogP contribution in [0.5, 0.6) is 5.88 Å². The van der Waals surface area contributed by atoms with Crippen molar-refractivity contribution in [1.82, 2.24) is 15.1 Å². The van der Waals surface area contributed by atoms with Gasteiger partial charge in [-0.3, -0.25) is 4.79 Å². The Morgan fingerprint density at radius 3 is 2.62 bits per heavy atom. The van der Waals surface area contributed by atoms with Crippen LogP contribution in [-0.2, 0) is 0 Å². The topological polar surface area (TPSA) is 55.3 Å². The molecule has 21 heavy (non-hydrogen) atoms. The summed E-state index contributed by atoms with van der Waals surface area (Å²) in [6.07, 6.45) is 7.36. The lowest BCUT2D eigenvalue weighted by atomic mass is 9.89. The van der Waals surface area contributed by atoms with Crippen LogP contribution in [0.2, 0.25) is 0 Å². The number of aromatic nitrogens is 2. The van der Waals surface area contributed by atoms with Gasteiger partial charge in [0.25, 0.3) is 5.91 Å². The second-order valence-corrected chi connectivity index (χ2v) is 5.72. The van der Waals surface area contributed by atoms with E-state index >= 15 is 0 Å². The largest absolute Gasteiger partial charge is 0.480 e. The molecule has 5 heteroatoms. The Morgan fingerprint density at radius 1 is 1.29 bits per heavy atom. The number of nitrogens with zero attached hydrogens (tertiary/aromatic N) is 3. The lowest BCUT2D eigenvalue weighted by Gasteiger charge is -2.29. The normalized spacial score (nSPS) is 15.7. The van der Waals surface area contributed by atoms with Crippen molar-refractivity contribution in [2.45, 2.75) is 45.4 Å². The molecule has 1 saturated carbocycles. The van der Waals surface area contributed by atoms with Gasteiger partial charge in [0.15, 0.2) is 5.69 Å². The van der Waals surface area contributed by atoms with Crippen LogP contribution in [0, 0.1) is 5.92 Å². The second kappa shape index (κ2) is 7.96. The summed E-state index contributed by atoms with van der Waals surface area (Å²) in [5, 5.41) is 7.87. The van der Waals surface area contributed by atoms with Crippen LogP contribution < -0.4 is 4.74 Å². The lowest BCUT2D eigenvalue weighted by molar-refractivity contribution is 0.0706. The van der Waals surface area contributed by atoms with Crippen LogP contribution in [0.1, 0.15) is 55.9 Å². The van der Waals surface area contributed by atoms with Gasteiger partial charge in [-0.05, 0) is 31.2 Å². The molecule has 1 aromatic rings. The molecular formula is C16H25N3O2. The van der Waals surface area contributed by atoms with E-state index in [1.54, 1.807) is 12.1 Å². The van der Waals surface area contributed by atoms with Crippen LogP contribution in [0.15, 0.2) is 12.1 Å². The van der Waals surface area contributed by atoms with Crippen molar-refractivity contribution in [3.8, 4) is 5.88 Å². The maximum Gasteiger partial charge on any atom is 0.274 e. The molecule has 0 aromatic carbocycles. The smallest absolute Gasteiger partial charge is 0.274 e. The van der Waals surface area contributed by atoms with Crippen LogP contribution in [0.3, 0.4) is 0 Å². The third kappa shape index (κ3) is 4.41. The van der Waals surface area contributed by atoms with Gasteiger partial charge in [-0.15, -0.1) is 10.2 Å². The van der Waals surface area contributed by atoms with E-state index in [1.807, 2.05) is 4.90 Å². The van der Waals surface area contributed by atoms with Crippen molar-refractivity contribution < 1.29 is 9.53 Å². The number of rotatable bonds is 6. The third-order valence-electron chi connectivity index (χ3n) is 4.05. The van der Waals surface area contributed by atoms with Gasteiger partial charge >= 0.3 is 0 Å². The zero-order valence-corrected chi connectivity index (χ0v) is 13.0. The van der Waals surface area contributed by atoms with Gasteiger partial charge in [-0.25, -0.2) is 0 Å². The fraction of sp³-hybridized carbons (Fsp3) is 0.688. The van der Waals surface area contributed by atoms with Crippen LogP contribution in [0.4, 0.5) is 0 Å². The third-order valence-corrected chi connectivity index (χ3v) is 4.05. The molecule has 0 unspecified atom stereocenters. The zero-order chi connectivity index (χ0) is 15.1. The summed E-state index contributed by atoms with van der Waals surface area (Å²) in [6, 6.07) is 3.38. The maximum absolute atomic E-state index is 12.6. The number of hydrogen-bond donors (Lipinski definition) is 0. The van der Waals surface area contributed by atoms with Crippen molar-refractivity contribution in [1.29, 1.82) is 0 Å². The van der Waals surface area contributed by atoms with Gasteiger partial charge in [0.1, 0.15) is 0 Å². The fourth-order valence-corrected chi connectivity index (χ4v) is 2.93. The number of carbonyl (C=O) groups excluding carboxylic acids is 1. The Morgan fingerprint density at radius 2 is 2.05 bits per heavy atom. The van der Waals surface area contributed by atoms with Crippen molar-refractivity contribution in [3.05, 3.63) is 17.8 Å². The number of amides is 1. The van der Waals surface area contributed by atoms with Crippen LogP contribution in [-0.4, -0.2) is 41.2 Å². The zero-order valence-electron chi connectivity index (χ0n) is 13.0. The minimum Gasteiger partial charge on any atom is -0.480 e. The molecule has 0 aliphatic heterocycles. The predicted molar refractivity (Wildman–Crippen MR) is 81.4 cm³/mol. The van der Waals surface area contributed by atoms with E-state index in [2.05, 4.69) is 17.1 Å². The van der Waals surface area contributed by atoms with Crippen LogP contribution in [0.25, 0.3) is 0 Å². The minimum absolute atomic E-state index is 0.0161. The van der Waals surface area contributed by atoms with Crippen molar-refractivity contribution in [2.75, 3.05) is 20.2 Å².